The number of hydrogen-bond acceptors (Lipinski definition) is 5. The summed E-state index contributed by atoms with van der Waals surface area (Å²) in [6.07, 6.45) is 1.55. The van der Waals surface area contributed by atoms with E-state index in [1.807, 2.05) is 6.92 Å². The van der Waals surface area contributed by atoms with Crippen LogP contribution in [0.5, 0.6) is 0 Å². The predicted octanol–water partition coefficient (Wildman–Crippen LogP) is 1.54. The zero-order valence-electron chi connectivity index (χ0n) is 13.3. The summed E-state index contributed by atoms with van der Waals surface area (Å²) in [7, 11) is -1.94. The van der Waals surface area contributed by atoms with Crippen LogP contribution in [0.15, 0.2) is 57.0 Å². The first-order valence-corrected chi connectivity index (χ1v) is 8.84. The number of likely N-dealkylation sites (N-methyl/N-ethyl adjacent to an activating group) is 1. The second kappa shape index (κ2) is 6.12. The van der Waals surface area contributed by atoms with Crippen molar-refractivity contribution in [2.75, 3.05) is 13.6 Å². The molecule has 1 amide bonds. The summed E-state index contributed by atoms with van der Waals surface area (Å²) >= 11 is 0. The van der Waals surface area contributed by atoms with E-state index in [1.165, 1.54) is 11.0 Å². The molecule has 0 radical (unpaired) electrons. The highest BCUT2D eigenvalue weighted by Crippen LogP contribution is 2.22. The third-order valence-electron chi connectivity index (χ3n) is 3.96. The van der Waals surface area contributed by atoms with Gasteiger partial charge in [0.1, 0.15) is 18.1 Å². The molecule has 1 aliphatic rings. The number of furan rings is 1. The monoisotopic (exact) mass is 347 g/mol. The lowest BCUT2D eigenvalue weighted by molar-refractivity contribution is -0.130. The Morgan fingerprint density at radius 3 is 2.75 bits per heavy atom. The van der Waals surface area contributed by atoms with E-state index in [0.29, 0.717) is 11.3 Å². The molecular formula is C16H17N3O4S. The van der Waals surface area contributed by atoms with Crippen molar-refractivity contribution in [1.82, 2.24) is 9.62 Å². The van der Waals surface area contributed by atoms with Gasteiger partial charge >= 0.3 is 0 Å². The zero-order valence-corrected chi connectivity index (χ0v) is 14.1. The van der Waals surface area contributed by atoms with Crippen molar-refractivity contribution in [2.24, 2.45) is 4.99 Å². The van der Waals surface area contributed by atoms with Crippen LogP contribution in [0.1, 0.15) is 24.3 Å². The van der Waals surface area contributed by atoms with Crippen molar-refractivity contribution in [1.29, 1.82) is 0 Å². The van der Waals surface area contributed by atoms with Gasteiger partial charge in [-0.25, -0.2) is 8.42 Å². The second-order valence-electron chi connectivity index (χ2n) is 5.46. The number of hydrogen-bond donors (Lipinski definition) is 1. The number of sulfonamides is 1. The Balaban J connectivity index is 1.76. The molecule has 0 aliphatic carbocycles. The van der Waals surface area contributed by atoms with Gasteiger partial charge in [-0.05, 0) is 31.2 Å². The minimum atomic E-state index is -3.60. The highest BCUT2D eigenvalue weighted by molar-refractivity contribution is 7.90. The summed E-state index contributed by atoms with van der Waals surface area (Å²) in [4.78, 5) is 18.1. The van der Waals surface area contributed by atoms with Crippen LogP contribution in [-0.4, -0.2) is 38.7 Å². The highest BCUT2D eigenvalue weighted by Gasteiger charge is 2.30. The van der Waals surface area contributed by atoms with Gasteiger partial charge in [-0.15, -0.1) is 0 Å². The molecule has 1 unspecified atom stereocenters. The fraction of sp³-hybridized carbons (Fsp3) is 0.250. The van der Waals surface area contributed by atoms with E-state index >= 15 is 0 Å². The van der Waals surface area contributed by atoms with Crippen LogP contribution in [0, 0.1) is 0 Å². The van der Waals surface area contributed by atoms with Crippen LogP contribution in [0.4, 0.5) is 0 Å². The molecular weight excluding hydrogens is 330 g/mol. The molecule has 126 valence electrons. The van der Waals surface area contributed by atoms with Crippen LogP contribution >= 0.6 is 0 Å². The quantitative estimate of drug-likeness (QED) is 0.908. The maximum atomic E-state index is 12.3. The molecule has 1 atom stereocenters. The van der Waals surface area contributed by atoms with Gasteiger partial charge in [-0.1, -0.05) is 12.1 Å². The average Bonchev–Trinajstić information content (AvgIpc) is 3.19. The molecule has 0 saturated carbocycles. The number of nitrogens with one attached hydrogen (secondary N) is 1. The van der Waals surface area contributed by atoms with Crippen LogP contribution in [0.3, 0.4) is 0 Å². The number of carbonyl (C=O) groups is 1. The number of aliphatic imine (C=N–C) groups is 1. The lowest BCUT2D eigenvalue weighted by atomic mass is 10.2. The standard InChI is InChI=1S/C16H17N3O4S/c1-11(13-7-5-9-23-13)19(2)15(20)10-17-16-12-6-3-4-8-14(12)24(21,22)18-16/h3-9,11H,10H2,1-2H3,(H,17,18). The summed E-state index contributed by atoms with van der Waals surface area (Å²) in [6, 6.07) is 9.85. The van der Waals surface area contributed by atoms with Crippen LogP contribution in [-0.2, 0) is 14.8 Å². The molecule has 24 heavy (non-hydrogen) atoms. The summed E-state index contributed by atoms with van der Waals surface area (Å²) < 4.78 is 31.7. The van der Waals surface area contributed by atoms with Crippen molar-refractivity contribution in [3.05, 3.63) is 54.0 Å². The highest BCUT2D eigenvalue weighted by atomic mass is 32.2. The van der Waals surface area contributed by atoms with E-state index in [-0.39, 0.29) is 29.2 Å². The van der Waals surface area contributed by atoms with E-state index < -0.39 is 10.0 Å². The first-order valence-electron chi connectivity index (χ1n) is 7.36. The number of amidine groups is 1. The number of fused-ring (bicyclic) bond motifs is 1. The lowest BCUT2D eigenvalue weighted by Gasteiger charge is -2.22. The summed E-state index contributed by atoms with van der Waals surface area (Å²) in [5, 5.41) is 0. The Kier molecular flexibility index (Phi) is 4.15. The van der Waals surface area contributed by atoms with Crippen molar-refractivity contribution >= 4 is 21.8 Å². The summed E-state index contributed by atoms with van der Waals surface area (Å²) in [5.74, 6) is 0.624. The van der Waals surface area contributed by atoms with Gasteiger partial charge in [-0.3, -0.25) is 14.5 Å². The normalized spacial score (nSPS) is 18.0. The molecule has 0 fully saturated rings. The molecule has 0 spiro atoms. The summed E-state index contributed by atoms with van der Waals surface area (Å²) in [6.45, 7) is 1.69. The largest absolute Gasteiger partial charge is 0.467 e. The van der Waals surface area contributed by atoms with Crippen molar-refractivity contribution < 1.29 is 17.6 Å². The molecule has 8 heteroatoms. The number of rotatable bonds is 4. The lowest BCUT2D eigenvalue weighted by Crippen LogP contribution is -2.32. The van der Waals surface area contributed by atoms with Crippen molar-refractivity contribution in [3.8, 4) is 0 Å². The van der Waals surface area contributed by atoms with E-state index in [2.05, 4.69) is 9.71 Å². The zero-order chi connectivity index (χ0) is 17.3. The Morgan fingerprint density at radius 1 is 1.29 bits per heavy atom. The SMILES string of the molecule is CC(c1ccco1)N(C)C(=O)CN=C1NS(=O)(=O)c2ccccc21. The Hall–Kier alpha value is -2.61. The Bertz CT molecular complexity index is 888. The van der Waals surface area contributed by atoms with E-state index in [9.17, 15) is 13.2 Å². The van der Waals surface area contributed by atoms with Crippen LogP contribution < -0.4 is 4.72 Å². The number of amides is 1. The summed E-state index contributed by atoms with van der Waals surface area (Å²) in [5.41, 5.74) is 0.479. The molecule has 0 saturated heterocycles. The maximum Gasteiger partial charge on any atom is 0.263 e. The van der Waals surface area contributed by atoms with Gasteiger partial charge in [0.2, 0.25) is 5.91 Å². The molecule has 3 rings (SSSR count). The smallest absolute Gasteiger partial charge is 0.263 e. The van der Waals surface area contributed by atoms with Crippen molar-refractivity contribution in [3.63, 3.8) is 0 Å². The third kappa shape index (κ3) is 2.92. The topological polar surface area (TPSA) is 92.0 Å². The van der Waals surface area contributed by atoms with Gasteiger partial charge in [0.15, 0.2) is 0 Å². The molecule has 1 aromatic carbocycles. The van der Waals surface area contributed by atoms with Crippen LogP contribution in [0.25, 0.3) is 0 Å². The van der Waals surface area contributed by atoms with Gasteiger partial charge in [0, 0.05) is 12.6 Å². The molecule has 1 aliphatic heterocycles. The average molecular weight is 347 g/mol. The molecule has 1 N–H and O–H groups in total. The van der Waals surface area contributed by atoms with Gasteiger partial charge in [-0.2, -0.15) is 0 Å². The predicted molar refractivity (Wildman–Crippen MR) is 88.1 cm³/mol. The van der Waals surface area contributed by atoms with Gasteiger partial charge in [0.25, 0.3) is 10.0 Å². The van der Waals surface area contributed by atoms with Gasteiger partial charge < -0.3 is 9.32 Å². The first-order chi connectivity index (χ1) is 11.4. The minimum absolute atomic E-state index is 0.159. The number of carbonyl (C=O) groups excluding carboxylic acids is 1. The van der Waals surface area contributed by atoms with E-state index in [0.717, 1.165) is 0 Å². The van der Waals surface area contributed by atoms with Crippen molar-refractivity contribution in [2.45, 2.75) is 17.9 Å². The molecule has 1 aromatic heterocycles. The van der Waals surface area contributed by atoms with Crippen LogP contribution in [0.2, 0.25) is 0 Å². The maximum absolute atomic E-state index is 12.3. The Labute approximate surface area is 140 Å². The fourth-order valence-electron chi connectivity index (χ4n) is 2.45. The molecule has 7 nitrogen and oxygen atoms in total. The fourth-order valence-corrected chi connectivity index (χ4v) is 3.70. The number of benzene rings is 1. The molecule has 2 aromatic rings. The number of nitrogens with zero attached hydrogens (tertiary/aromatic N) is 2. The van der Waals surface area contributed by atoms with E-state index in [4.69, 9.17) is 4.42 Å². The van der Waals surface area contributed by atoms with Gasteiger partial charge in [0.05, 0.1) is 17.2 Å². The molecule has 0 bridgehead atoms. The third-order valence-corrected chi connectivity index (χ3v) is 5.36. The second-order valence-corrected chi connectivity index (χ2v) is 7.11. The minimum Gasteiger partial charge on any atom is -0.467 e. The molecule has 2 heterocycles. The first kappa shape index (κ1) is 16.3. The van der Waals surface area contributed by atoms with E-state index in [1.54, 1.807) is 43.6 Å². The Morgan fingerprint density at radius 2 is 2.04 bits per heavy atom.